The maximum absolute atomic E-state index is 12.3. The SMILES string of the molecule is Cc1cc(SC#N)cc(C)c1NC(=O)COC(=O)c1cccc(OCC(C)C)c1. The highest BCUT2D eigenvalue weighted by Gasteiger charge is 2.14. The van der Waals surface area contributed by atoms with E-state index in [1.807, 2.05) is 45.2 Å². The normalized spacial score (nSPS) is 10.3. The lowest BCUT2D eigenvalue weighted by atomic mass is 10.1. The zero-order valence-electron chi connectivity index (χ0n) is 16.9. The molecule has 0 atom stereocenters. The molecule has 152 valence electrons. The molecule has 0 aliphatic heterocycles. The summed E-state index contributed by atoms with van der Waals surface area (Å²) >= 11 is 1.06. The zero-order chi connectivity index (χ0) is 21.4. The lowest BCUT2D eigenvalue weighted by Gasteiger charge is -2.13. The van der Waals surface area contributed by atoms with Crippen molar-refractivity contribution in [2.24, 2.45) is 5.92 Å². The average molecular weight is 413 g/mol. The Morgan fingerprint density at radius 1 is 1.17 bits per heavy atom. The Hall–Kier alpha value is -2.98. The molecule has 0 aliphatic rings. The highest BCUT2D eigenvalue weighted by molar-refractivity contribution is 8.03. The fourth-order valence-corrected chi connectivity index (χ4v) is 3.18. The Morgan fingerprint density at radius 2 is 1.86 bits per heavy atom. The standard InChI is InChI=1S/C22H24N2O4S/c1-14(2)11-27-18-7-5-6-17(10-18)22(26)28-12-20(25)24-21-15(3)8-19(29-13-23)9-16(21)4/h5-10,14H,11-12H2,1-4H3,(H,24,25). The predicted molar refractivity (Wildman–Crippen MR) is 113 cm³/mol. The Kier molecular flexibility index (Phi) is 8.10. The van der Waals surface area contributed by atoms with Gasteiger partial charge in [0.15, 0.2) is 6.61 Å². The first-order valence-electron chi connectivity index (χ1n) is 9.17. The summed E-state index contributed by atoms with van der Waals surface area (Å²) in [5.41, 5.74) is 2.64. The molecule has 0 spiro atoms. The van der Waals surface area contributed by atoms with Crippen LogP contribution in [0.15, 0.2) is 41.3 Å². The second kappa shape index (κ2) is 10.5. The predicted octanol–water partition coefficient (Wildman–Crippen LogP) is 4.71. The molecule has 0 radical (unpaired) electrons. The smallest absolute Gasteiger partial charge is 0.338 e. The van der Waals surface area contributed by atoms with Gasteiger partial charge in [-0.2, -0.15) is 5.26 Å². The molecule has 0 unspecified atom stereocenters. The number of carbonyl (C=O) groups is 2. The molecule has 2 aromatic carbocycles. The van der Waals surface area contributed by atoms with Crippen molar-refractivity contribution in [2.75, 3.05) is 18.5 Å². The minimum absolute atomic E-state index is 0.323. The first kappa shape index (κ1) is 22.3. The van der Waals surface area contributed by atoms with Crippen molar-refractivity contribution in [3.8, 4) is 11.2 Å². The first-order valence-corrected chi connectivity index (χ1v) is 9.98. The van der Waals surface area contributed by atoms with E-state index in [2.05, 4.69) is 5.32 Å². The van der Waals surface area contributed by atoms with Crippen LogP contribution in [0.25, 0.3) is 0 Å². The quantitative estimate of drug-likeness (QED) is 0.384. The third kappa shape index (κ3) is 6.84. The van der Waals surface area contributed by atoms with Gasteiger partial charge in [0.25, 0.3) is 5.91 Å². The van der Waals surface area contributed by atoms with Crippen LogP contribution < -0.4 is 10.1 Å². The number of nitrogens with one attached hydrogen (secondary N) is 1. The number of nitriles is 1. The number of carbonyl (C=O) groups excluding carboxylic acids is 2. The van der Waals surface area contributed by atoms with Crippen LogP contribution in [-0.4, -0.2) is 25.1 Å². The highest BCUT2D eigenvalue weighted by Crippen LogP contribution is 2.27. The fraction of sp³-hybridized carbons (Fsp3) is 0.318. The van der Waals surface area contributed by atoms with Gasteiger partial charge in [0.05, 0.1) is 12.2 Å². The summed E-state index contributed by atoms with van der Waals surface area (Å²) in [6.45, 7) is 7.91. The summed E-state index contributed by atoms with van der Waals surface area (Å²) < 4.78 is 10.7. The monoisotopic (exact) mass is 412 g/mol. The van der Waals surface area contributed by atoms with Gasteiger partial charge in [-0.3, -0.25) is 4.79 Å². The van der Waals surface area contributed by atoms with E-state index in [1.54, 1.807) is 24.3 Å². The van der Waals surface area contributed by atoms with E-state index in [1.165, 1.54) is 0 Å². The molecule has 7 heteroatoms. The van der Waals surface area contributed by atoms with Gasteiger partial charge < -0.3 is 14.8 Å². The Morgan fingerprint density at radius 3 is 2.48 bits per heavy atom. The number of thioether (sulfide) groups is 1. The van der Waals surface area contributed by atoms with Gasteiger partial charge in [0.2, 0.25) is 0 Å². The van der Waals surface area contributed by atoms with Gasteiger partial charge in [0, 0.05) is 10.6 Å². The van der Waals surface area contributed by atoms with E-state index in [0.717, 1.165) is 27.8 Å². The number of amides is 1. The van der Waals surface area contributed by atoms with E-state index < -0.39 is 18.5 Å². The van der Waals surface area contributed by atoms with Gasteiger partial charge in [-0.05, 0) is 73.0 Å². The van der Waals surface area contributed by atoms with Crippen LogP contribution in [0.4, 0.5) is 5.69 Å². The van der Waals surface area contributed by atoms with Crippen LogP contribution in [0.3, 0.4) is 0 Å². The minimum Gasteiger partial charge on any atom is -0.493 e. The number of hydrogen-bond donors (Lipinski definition) is 1. The summed E-state index contributed by atoms with van der Waals surface area (Å²) in [5.74, 6) is -0.0743. The second-order valence-corrected chi connectivity index (χ2v) is 7.84. The lowest BCUT2D eigenvalue weighted by Crippen LogP contribution is -2.22. The van der Waals surface area contributed by atoms with Gasteiger partial charge in [-0.1, -0.05) is 19.9 Å². The summed E-state index contributed by atoms with van der Waals surface area (Å²) in [6.07, 6.45) is 0. The van der Waals surface area contributed by atoms with Crippen molar-refractivity contribution in [1.29, 1.82) is 5.26 Å². The maximum Gasteiger partial charge on any atom is 0.338 e. The molecule has 2 rings (SSSR count). The topological polar surface area (TPSA) is 88.4 Å². The number of anilines is 1. The van der Waals surface area contributed by atoms with E-state index in [-0.39, 0.29) is 0 Å². The van der Waals surface area contributed by atoms with Gasteiger partial charge >= 0.3 is 5.97 Å². The van der Waals surface area contributed by atoms with Gasteiger partial charge in [-0.15, -0.1) is 0 Å². The van der Waals surface area contributed by atoms with E-state index in [4.69, 9.17) is 14.7 Å². The van der Waals surface area contributed by atoms with Crippen LogP contribution in [0.1, 0.15) is 35.3 Å². The largest absolute Gasteiger partial charge is 0.493 e. The number of rotatable bonds is 8. The van der Waals surface area contributed by atoms with Crippen molar-refractivity contribution < 1.29 is 19.1 Å². The van der Waals surface area contributed by atoms with Crippen molar-refractivity contribution in [1.82, 2.24) is 0 Å². The molecule has 0 heterocycles. The molecular formula is C22H24N2O4S. The number of hydrogen-bond acceptors (Lipinski definition) is 6. The fourth-order valence-electron chi connectivity index (χ4n) is 2.60. The van der Waals surface area contributed by atoms with Crippen LogP contribution in [0, 0.1) is 30.4 Å². The molecule has 1 N–H and O–H groups in total. The average Bonchev–Trinajstić information content (AvgIpc) is 2.68. The lowest BCUT2D eigenvalue weighted by molar-refractivity contribution is -0.119. The number of ether oxygens (including phenoxy) is 2. The van der Waals surface area contributed by atoms with E-state index >= 15 is 0 Å². The van der Waals surface area contributed by atoms with Crippen molar-refractivity contribution >= 4 is 29.3 Å². The molecule has 6 nitrogen and oxygen atoms in total. The second-order valence-electron chi connectivity index (χ2n) is 6.98. The van der Waals surface area contributed by atoms with Crippen molar-refractivity contribution in [2.45, 2.75) is 32.6 Å². The molecule has 0 saturated heterocycles. The third-order valence-corrected chi connectivity index (χ3v) is 4.48. The molecule has 0 bridgehead atoms. The molecule has 0 saturated carbocycles. The number of benzene rings is 2. The zero-order valence-corrected chi connectivity index (χ0v) is 17.8. The van der Waals surface area contributed by atoms with Crippen LogP contribution in [0.2, 0.25) is 0 Å². The van der Waals surface area contributed by atoms with E-state index in [9.17, 15) is 9.59 Å². The Labute approximate surface area is 175 Å². The molecule has 0 fully saturated rings. The Bertz CT molecular complexity index is 912. The number of esters is 1. The highest BCUT2D eigenvalue weighted by atomic mass is 32.2. The van der Waals surface area contributed by atoms with Gasteiger partial charge in [-0.25, -0.2) is 4.79 Å². The number of thiocyanates is 1. The van der Waals surface area contributed by atoms with Crippen LogP contribution in [-0.2, 0) is 9.53 Å². The summed E-state index contributed by atoms with van der Waals surface area (Å²) in [7, 11) is 0. The number of aryl methyl sites for hydroxylation is 2. The van der Waals surface area contributed by atoms with Crippen LogP contribution in [0.5, 0.6) is 5.75 Å². The third-order valence-electron chi connectivity index (χ3n) is 3.92. The van der Waals surface area contributed by atoms with E-state index in [0.29, 0.717) is 29.5 Å². The molecular weight excluding hydrogens is 388 g/mol. The van der Waals surface area contributed by atoms with Gasteiger partial charge in [0.1, 0.15) is 11.2 Å². The summed E-state index contributed by atoms with van der Waals surface area (Å²) in [5, 5.41) is 13.6. The molecule has 2 aromatic rings. The molecule has 1 amide bonds. The van der Waals surface area contributed by atoms with Crippen LogP contribution >= 0.6 is 11.8 Å². The molecule has 0 aromatic heterocycles. The van der Waals surface area contributed by atoms with Crippen molar-refractivity contribution in [3.63, 3.8) is 0 Å². The first-order chi connectivity index (χ1) is 13.8. The molecule has 0 aliphatic carbocycles. The molecule has 29 heavy (non-hydrogen) atoms. The summed E-state index contributed by atoms with van der Waals surface area (Å²) in [4.78, 5) is 25.3. The van der Waals surface area contributed by atoms with Crippen molar-refractivity contribution in [3.05, 3.63) is 53.1 Å². The number of nitrogens with zero attached hydrogens (tertiary/aromatic N) is 1. The Balaban J connectivity index is 1.95. The minimum atomic E-state index is -0.593. The summed E-state index contributed by atoms with van der Waals surface area (Å²) in [6, 6.07) is 10.3. The maximum atomic E-state index is 12.3.